The quantitative estimate of drug-likeness (QED) is 0.875. The molecular formula is C16H18F3NO4S. The van der Waals surface area contributed by atoms with Crippen LogP contribution < -0.4 is 0 Å². The van der Waals surface area contributed by atoms with Crippen LogP contribution in [0.4, 0.5) is 13.2 Å². The minimum Gasteiger partial charge on any atom is -0.478 e. The second kappa shape index (κ2) is 6.28. The molecule has 1 aliphatic heterocycles. The van der Waals surface area contributed by atoms with Crippen LogP contribution in [0.3, 0.4) is 0 Å². The van der Waals surface area contributed by atoms with E-state index in [9.17, 15) is 31.5 Å². The number of hydrogen-bond donors (Lipinski definition) is 1. The van der Waals surface area contributed by atoms with Crippen LogP contribution in [0.25, 0.3) is 0 Å². The van der Waals surface area contributed by atoms with E-state index in [0.29, 0.717) is 5.56 Å². The number of alkyl halides is 2. The van der Waals surface area contributed by atoms with Gasteiger partial charge in [-0.05, 0) is 36.5 Å². The molecule has 138 valence electrons. The van der Waals surface area contributed by atoms with E-state index in [1.54, 1.807) is 0 Å². The van der Waals surface area contributed by atoms with Gasteiger partial charge in [0.2, 0.25) is 10.0 Å². The minimum atomic E-state index is -4.00. The third kappa shape index (κ3) is 3.39. The molecule has 0 saturated heterocycles. The number of halogens is 3. The molecular weight excluding hydrogens is 359 g/mol. The summed E-state index contributed by atoms with van der Waals surface area (Å²) in [4.78, 5) is 11.3. The minimum absolute atomic E-state index is 0.0678. The van der Waals surface area contributed by atoms with Crippen molar-refractivity contribution in [3.8, 4) is 0 Å². The molecule has 9 heteroatoms. The summed E-state index contributed by atoms with van der Waals surface area (Å²) in [6, 6.07) is 2.48. The maximum absolute atomic E-state index is 13.8. The Bertz CT molecular complexity index is 810. The van der Waals surface area contributed by atoms with Crippen LogP contribution in [-0.4, -0.2) is 42.0 Å². The molecule has 1 unspecified atom stereocenters. The van der Waals surface area contributed by atoms with E-state index in [2.05, 4.69) is 0 Å². The lowest BCUT2D eigenvalue weighted by Gasteiger charge is -2.30. The van der Waals surface area contributed by atoms with E-state index in [1.165, 1.54) is 6.07 Å². The number of aromatic carboxylic acids is 1. The number of rotatable bonds is 4. The highest BCUT2D eigenvalue weighted by molar-refractivity contribution is 7.89. The zero-order valence-electron chi connectivity index (χ0n) is 13.3. The predicted octanol–water partition coefficient (Wildman–Crippen LogP) is 2.65. The first kappa shape index (κ1) is 18.2. The molecule has 25 heavy (non-hydrogen) atoms. The number of benzene rings is 1. The first-order chi connectivity index (χ1) is 11.6. The van der Waals surface area contributed by atoms with Crippen LogP contribution >= 0.6 is 0 Å². The smallest absolute Gasteiger partial charge is 0.339 e. The highest BCUT2D eigenvalue weighted by atomic mass is 32.2. The van der Waals surface area contributed by atoms with Crippen molar-refractivity contribution in [2.75, 3.05) is 12.3 Å². The Morgan fingerprint density at radius 2 is 2.08 bits per heavy atom. The van der Waals surface area contributed by atoms with Gasteiger partial charge in [-0.3, -0.25) is 0 Å². The van der Waals surface area contributed by atoms with Gasteiger partial charge in [-0.15, -0.1) is 0 Å². The van der Waals surface area contributed by atoms with Gasteiger partial charge in [-0.2, -0.15) is 4.31 Å². The van der Waals surface area contributed by atoms with E-state index in [0.717, 1.165) is 10.4 Å². The summed E-state index contributed by atoms with van der Waals surface area (Å²) < 4.78 is 67.5. The highest BCUT2D eigenvalue weighted by Gasteiger charge is 2.46. The summed E-state index contributed by atoms with van der Waals surface area (Å²) in [7, 11) is -4.00. The molecule has 0 amide bonds. The van der Waals surface area contributed by atoms with Crippen molar-refractivity contribution in [1.29, 1.82) is 0 Å². The molecule has 2 aliphatic rings. The first-order valence-electron chi connectivity index (χ1n) is 8.01. The zero-order chi connectivity index (χ0) is 18.4. The van der Waals surface area contributed by atoms with Crippen molar-refractivity contribution in [2.24, 2.45) is 5.92 Å². The monoisotopic (exact) mass is 377 g/mol. The topological polar surface area (TPSA) is 74.7 Å². The third-order valence-corrected chi connectivity index (χ3v) is 6.93. The van der Waals surface area contributed by atoms with Gasteiger partial charge in [-0.1, -0.05) is 6.07 Å². The van der Waals surface area contributed by atoms with E-state index in [1.807, 2.05) is 0 Å². The molecule has 1 atom stereocenters. The normalized spacial score (nSPS) is 23.4. The van der Waals surface area contributed by atoms with Crippen LogP contribution in [0.2, 0.25) is 0 Å². The van der Waals surface area contributed by atoms with E-state index < -0.39 is 45.0 Å². The molecule has 0 radical (unpaired) electrons. The fourth-order valence-corrected chi connectivity index (χ4v) is 5.44. The summed E-state index contributed by atoms with van der Waals surface area (Å²) in [5.41, 5.74) is 0.112. The SMILES string of the molecule is O=C(O)c1c(F)ccc2c1CN(S(=O)(=O)CC1CCCC1(F)F)CC2. The van der Waals surface area contributed by atoms with Crippen LogP contribution in [0.15, 0.2) is 12.1 Å². The van der Waals surface area contributed by atoms with E-state index >= 15 is 0 Å². The first-order valence-corrected chi connectivity index (χ1v) is 9.62. The number of hydrogen-bond acceptors (Lipinski definition) is 3. The molecule has 1 aromatic carbocycles. The fourth-order valence-electron chi connectivity index (χ4n) is 3.61. The molecule has 1 aromatic rings. The number of fused-ring (bicyclic) bond motifs is 1. The summed E-state index contributed by atoms with van der Waals surface area (Å²) >= 11 is 0. The summed E-state index contributed by atoms with van der Waals surface area (Å²) in [5.74, 6) is -7.32. The van der Waals surface area contributed by atoms with Gasteiger partial charge in [-0.25, -0.2) is 26.4 Å². The average molecular weight is 377 g/mol. The Kier molecular flexibility index (Phi) is 4.57. The zero-order valence-corrected chi connectivity index (χ0v) is 14.2. The second-order valence-corrected chi connectivity index (χ2v) is 8.59. The summed E-state index contributed by atoms with van der Waals surface area (Å²) in [5, 5.41) is 9.20. The highest BCUT2D eigenvalue weighted by Crippen LogP contribution is 2.41. The van der Waals surface area contributed by atoms with Crippen molar-refractivity contribution >= 4 is 16.0 Å². The van der Waals surface area contributed by atoms with Gasteiger partial charge in [0.15, 0.2) is 0 Å². The second-order valence-electron chi connectivity index (χ2n) is 6.58. The lowest BCUT2D eigenvalue weighted by atomic mass is 9.95. The Morgan fingerprint density at radius 1 is 1.36 bits per heavy atom. The van der Waals surface area contributed by atoms with Gasteiger partial charge in [0.1, 0.15) is 5.82 Å². The number of carbonyl (C=O) groups is 1. The van der Waals surface area contributed by atoms with Gasteiger partial charge in [0.05, 0.1) is 11.3 Å². The maximum Gasteiger partial charge on any atom is 0.339 e. The van der Waals surface area contributed by atoms with Crippen molar-refractivity contribution in [2.45, 2.75) is 38.2 Å². The summed E-state index contributed by atoms with van der Waals surface area (Å²) in [6.07, 6.45) is 0.330. The van der Waals surface area contributed by atoms with Crippen LogP contribution in [0.1, 0.15) is 40.7 Å². The van der Waals surface area contributed by atoms with Crippen molar-refractivity contribution < 1.29 is 31.5 Å². The number of carboxylic acids is 1. The molecule has 5 nitrogen and oxygen atoms in total. The van der Waals surface area contributed by atoms with Gasteiger partial charge >= 0.3 is 5.97 Å². The van der Waals surface area contributed by atoms with Crippen LogP contribution in [-0.2, 0) is 23.0 Å². The largest absolute Gasteiger partial charge is 0.478 e. The van der Waals surface area contributed by atoms with Gasteiger partial charge < -0.3 is 5.11 Å². The van der Waals surface area contributed by atoms with Gasteiger partial charge in [0.25, 0.3) is 5.92 Å². The lowest BCUT2D eigenvalue weighted by molar-refractivity contribution is -0.0291. The standard InChI is InChI=1S/C16H18F3NO4S/c17-13-4-3-10-5-7-20(8-12(10)14(13)15(21)22)25(23,24)9-11-2-1-6-16(11,18)19/h3-4,11H,1-2,5-9H2,(H,21,22). The van der Waals surface area contributed by atoms with Crippen molar-refractivity contribution in [3.63, 3.8) is 0 Å². The predicted molar refractivity (Wildman–Crippen MR) is 83.5 cm³/mol. The maximum atomic E-state index is 13.8. The molecule has 1 saturated carbocycles. The number of sulfonamides is 1. The Hall–Kier alpha value is -1.61. The van der Waals surface area contributed by atoms with E-state index in [-0.39, 0.29) is 44.3 Å². The molecule has 1 fully saturated rings. The average Bonchev–Trinajstić information content (AvgIpc) is 2.84. The molecule has 1 aliphatic carbocycles. The number of nitrogens with zero attached hydrogens (tertiary/aromatic N) is 1. The molecule has 0 bridgehead atoms. The molecule has 0 spiro atoms. The van der Waals surface area contributed by atoms with Gasteiger partial charge in [0, 0.05) is 25.4 Å². The summed E-state index contributed by atoms with van der Waals surface area (Å²) in [6.45, 7) is -0.242. The molecule has 1 N–H and O–H groups in total. The Balaban J connectivity index is 1.87. The molecule has 0 aromatic heterocycles. The Labute approximate surface area is 143 Å². The molecule has 3 rings (SSSR count). The van der Waals surface area contributed by atoms with Crippen molar-refractivity contribution in [1.82, 2.24) is 4.31 Å². The lowest BCUT2D eigenvalue weighted by Crippen LogP contribution is -2.41. The van der Waals surface area contributed by atoms with Crippen LogP contribution in [0.5, 0.6) is 0 Å². The van der Waals surface area contributed by atoms with E-state index in [4.69, 9.17) is 0 Å². The van der Waals surface area contributed by atoms with Crippen LogP contribution in [0, 0.1) is 11.7 Å². The van der Waals surface area contributed by atoms with Crippen molar-refractivity contribution in [3.05, 3.63) is 34.6 Å². The third-order valence-electron chi connectivity index (χ3n) is 5.00. The fraction of sp³-hybridized carbons (Fsp3) is 0.562. The molecule has 1 heterocycles. The Morgan fingerprint density at radius 3 is 2.68 bits per heavy atom. The number of carboxylic acid groups (broad SMARTS) is 1.